The average Bonchev–Trinajstić information content (AvgIpc) is 2.95. The van der Waals surface area contributed by atoms with Gasteiger partial charge >= 0.3 is 0 Å². The Balaban J connectivity index is 1.53. The van der Waals surface area contributed by atoms with Gasteiger partial charge in [-0.05, 0) is 17.7 Å². The molecule has 1 aromatic heterocycles. The molecule has 1 saturated heterocycles. The van der Waals surface area contributed by atoms with Gasteiger partial charge in [0.2, 0.25) is 11.9 Å². The quantitative estimate of drug-likeness (QED) is 0.810. The summed E-state index contributed by atoms with van der Waals surface area (Å²) in [5.41, 5.74) is 1.12. The number of thioether (sulfide) groups is 1. The van der Waals surface area contributed by atoms with Gasteiger partial charge in [0.05, 0.1) is 6.54 Å². The number of carbonyl (C=O) groups is 1. The zero-order valence-corrected chi connectivity index (χ0v) is 14.9. The highest BCUT2D eigenvalue weighted by molar-refractivity contribution is 9.10. The van der Waals surface area contributed by atoms with Crippen LogP contribution in [0, 0.1) is 0 Å². The zero-order chi connectivity index (χ0) is 16.1. The molecule has 1 fully saturated rings. The van der Waals surface area contributed by atoms with Crippen LogP contribution in [0.4, 0.5) is 5.95 Å². The summed E-state index contributed by atoms with van der Waals surface area (Å²) in [6.07, 6.45) is 2.08. The number of anilines is 1. The maximum Gasteiger partial charge on any atom is 0.248 e. The maximum atomic E-state index is 12.0. The molecule has 2 heterocycles. The Kier molecular flexibility index (Phi) is 5.69. The lowest BCUT2D eigenvalue weighted by Crippen LogP contribution is -2.40. The van der Waals surface area contributed by atoms with Crippen molar-refractivity contribution in [1.29, 1.82) is 0 Å². The van der Waals surface area contributed by atoms with E-state index in [1.807, 2.05) is 36.0 Å². The third kappa shape index (κ3) is 5.05. The van der Waals surface area contributed by atoms with Crippen LogP contribution < -0.4 is 10.6 Å². The van der Waals surface area contributed by atoms with E-state index in [4.69, 9.17) is 0 Å². The minimum absolute atomic E-state index is 0.0507. The van der Waals surface area contributed by atoms with E-state index in [0.29, 0.717) is 18.9 Å². The zero-order valence-electron chi connectivity index (χ0n) is 12.5. The largest absolute Gasteiger partial charge is 0.312 e. The number of hydrogen-bond donors (Lipinski definition) is 2. The summed E-state index contributed by atoms with van der Waals surface area (Å²) in [5, 5.41) is 10.4. The summed E-state index contributed by atoms with van der Waals surface area (Å²) in [6, 6.07) is 8.25. The highest BCUT2D eigenvalue weighted by Gasteiger charge is 2.17. The number of amides is 1. The van der Waals surface area contributed by atoms with Crippen LogP contribution in [0.15, 0.2) is 35.1 Å². The van der Waals surface area contributed by atoms with Gasteiger partial charge in [-0.1, -0.05) is 28.1 Å². The molecule has 1 aromatic carbocycles. The maximum absolute atomic E-state index is 12.0. The monoisotopic (exact) mass is 395 g/mol. The summed E-state index contributed by atoms with van der Waals surface area (Å²) in [7, 11) is 0. The Morgan fingerprint density at radius 1 is 1.52 bits per heavy atom. The van der Waals surface area contributed by atoms with Crippen LogP contribution in [-0.2, 0) is 11.3 Å². The van der Waals surface area contributed by atoms with Gasteiger partial charge in [-0.25, -0.2) is 9.67 Å². The first kappa shape index (κ1) is 16.5. The molecule has 0 radical (unpaired) electrons. The van der Waals surface area contributed by atoms with Crippen molar-refractivity contribution < 1.29 is 4.79 Å². The first-order chi connectivity index (χ1) is 11.2. The average molecular weight is 396 g/mol. The summed E-state index contributed by atoms with van der Waals surface area (Å²) in [4.78, 5) is 16.2. The van der Waals surface area contributed by atoms with E-state index < -0.39 is 0 Å². The Labute approximate surface area is 147 Å². The molecule has 1 aliphatic heterocycles. The third-order valence-electron chi connectivity index (χ3n) is 3.45. The number of halogens is 1. The van der Waals surface area contributed by atoms with Crippen molar-refractivity contribution >= 4 is 39.5 Å². The fourth-order valence-electron chi connectivity index (χ4n) is 2.40. The lowest BCUT2D eigenvalue weighted by atomic mass is 10.2. The standard InChI is InChI=1S/C15H18BrN5OS/c16-12-3-1-2-11(6-12)8-21-10-18-15(20-21)19-14(22)7-13-9-23-5-4-17-13/h1-3,6,10,13,17H,4-5,7-9H2,(H,19,20,22). The van der Waals surface area contributed by atoms with Gasteiger partial charge in [-0.15, -0.1) is 5.10 Å². The second-order valence-electron chi connectivity index (χ2n) is 5.37. The van der Waals surface area contributed by atoms with E-state index in [0.717, 1.165) is 28.1 Å². The lowest BCUT2D eigenvalue weighted by Gasteiger charge is -2.22. The third-order valence-corrected chi connectivity index (χ3v) is 5.08. The molecular weight excluding hydrogens is 378 g/mol. The Hall–Kier alpha value is -1.38. The minimum atomic E-state index is -0.0507. The number of rotatable bonds is 5. The predicted molar refractivity (Wildman–Crippen MR) is 95.6 cm³/mol. The van der Waals surface area contributed by atoms with Gasteiger partial charge < -0.3 is 5.32 Å². The van der Waals surface area contributed by atoms with Crippen LogP contribution in [0.2, 0.25) is 0 Å². The van der Waals surface area contributed by atoms with Gasteiger partial charge in [0.15, 0.2) is 0 Å². The first-order valence-electron chi connectivity index (χ1n) is 7.44. The van der Waals surface area contributed by atoms with Crippen molar-refractivity contribution in [1.82, 2.24) is 20.1 Å². The van der Waals surface area contributed by atoms with E-state index in [9.17, 15) is 4.79 Å². The van der Waals surface area contributed by atoms with Gasteiger partial charge in [0.25, 0.3) is 0 Å². The minimum Gasteiger partial charge on any atom is -0.312 e. The fourth-order valence-corrected chi connectivity index (χ4v) is 3.80. The molecule has 2 N–H and O–H groups in total. The molecule has 3 rings (SSSR count). The summed E-state index contributed by atoms with van der Waals surface area (Å²) >= 11 is 5.33. The molecule has 23 heavy (non-hydrogen) atoms. The smallest absolute Gasteiger partial charge is 0.248 e. The molecule has 0 bridgehead atoms. The van der Waals surface area contributed by atoms with E-state index >= 15 is 0 Å². The number of aromatic nitrogens is 3. The number of benzene rings is 1. The molecule has 1 unspecified atom stereocenters. The van der Waals surface area contributed by atoms with Gasteiger partial charge in [-0.3, -0.25) is 10.1 Å². The fraction of sp³-hybridized carbons (Fsp3) is 0.400. The molecule has 0 aliphatic carbocycles. The lowest BCUT2D eigenvalue weighted by molar-refractivity contribution is -0.116. The number of nitrogens with zero attached hydrogens (tertiary/aromatic N) is 3. The molecule has 0 spiro atoms. The molecule has 2 aromatic rings. The first-order valence-corrected chi connectivity index (χ1v) is 9.39. The normalized spacial score (nSPS) is 17.9. The predicted octanol–water partition coefficient (Wildman–Crippen LogP) is 2.12. The van der Waals surface area contributed by atoms with Gasteiger partial charge in [0, 0.05) is 35.0 Å². The molecule has 122 valence electrons. The number of hydrogen-bond acceptors (Lipinski definition) is 5. The highest BCUT2D eigenvalue weighted by Crippen LogP contribution is 2.13. The van der Waals surface area contributed by atoms with Crippen LogP contribution in [0.3, 0.4) is 0 Å². The van der Waals surface area contributed by atoms with Crippen LogP contribution in [0.5, 0.6) is 0 Å². The topological polar surface area (TPSA) is 71.8 Å². The second kappa shape index (κ2) is 7.94. The summed E-state index contributed by atoms with van der Waals surface area (Å²) in [6.45, 7) is 1.57. The highest BCUT2D eigenvalue weighted by atomic mass is 79.9. The summed E-state index contributed by atoms with van der Waals surface area (Å²) in [5.74, 6) is 2.39. The molecule has 1 amide bonds. The molecule has 8 heteroatoms. The Bertz CT molecular complexity index is 671. The summed E-state index contributed by atoms with van der Waals surface area (Å²) < 4.78 is 2.74. The molecule has 1 aliphatic rings. The van der Waals surface area contributed by atoms with Crippen LogP contribution in [-0.4, -0.2) is 44.8 Å². The van der Waals surface area contributed by atoms with Crippen molar-refractivity contribution in [3.63, 3.8) is 0 Å². The SMILES string of the molecule is O=C(CC1CSCCN1)Nc1ncn(Cc2cccc(Br)c2)n1. The van der Waals surface area contributed by atoms with Crippen molar-refractivity contribution in [3.8, 4) is 0 Å². The Morgan fingerprint density at radius 2 is 2.43 bits per heavy atom. The van der Waals surface area contributed by atoms with E-state index in [1.165, 1.54) is 0 Å². The van der Waals surface area contributed by atoms with E-state index in [2.05, 4.69) is 36.6 Å². The van der Waals surface area contributed by atoms with E-state index in [-0.39, 0.29) is 11.9 Å². The van der Waals surface area contributed by atoms with Crippen molar-refractivity contribution in [2.45, 2.75) is 19.0 Å². The van der Waals surface area contributed by atoms with Crippen LogP contribution in [0.25, 0.3) is 0 Å². The van der Waals surface area contributed by atoms with Crippen molar-refractivity contribution in [2.75, 3.05) is 23.4 Å². The van der Waals surface area contributed by atoms with Crippen LogP contribution >= 0.6 is 27.7 Å². The molecule has 0 saturated carbocycles. The molecule has 6 nitrogen and oxygen atoms in total. The van der Waals surface area contributed by atoms with Gasteiger partial charge in [0.1, 0.15) is 6.33 Å². The number of nitrogens with one attached hydrogen (secondary N) is 2. The molecular formula is C15H18BrN5OS. The molecule has 1 atom stereocenters. The number of carbonyl (C=O) groups excluding carboxylic acids is 1. The van der Waals surface area contributed by atoms with Crippen LogP contribution in [0.1, 0.15) is 12.0 Å². The van der Waals surface area contributed by atoms with Gasteiger partial charge in [-0.2, -0.15) is 11.8 Å². The van der Waals surface area contributed by atoms with Crippen molar-refractivity contribution in [2.24, 2.45) is 0 Å². The second-order valence-corrected chi connectivity index (χ2v) is 7.44. The Morgan fingerprint density at radius 3 is 3.22 bits per heavy atom. The van der Waals surface area contributed by atoms with Crippen molar-refractivity contribution in [3.05, 3.63) is 40.6 Å². The van der Waals surface area contributed by atoms with E-state index in [1.54, 1.807) is 11.0 Å².